The molecule has 1 rings (SSSR count). The summed E-state index contributed by atoms with van der Waals surface area (Å²) in [6.45, 7) is 6.98. The van der Waals surface area contributed by atoms with Crippen LogP contribution in [0.1, 0.15) is 78.6 Å². The lowest BCUT2D eigenvalue weighted by Crippen LogP contribution is -2.17. The van der Waals surface area contributed by atoms with Crippen LogP contribution in [0.4, 0.5) is 0 Å². The summed E-state index contributed by atoms with van der Waals surface area (Å²) in [5, 5.41) is 0. The zero-order chi connectivity index (χ0) is 18.5. The van der Waals surface area contributed by atoms with E-state index >= 15 is 0 Å². The Morgan fingerprint density at radius 3 is 2.16 bits per heavy atom. The number of hydrogen-bond donors (Lipinski definition) is 0. The first-order chi connectivity index (χ1) is 12.0. The molecule has 0 bridgehead atoms. The molecule has 0 amide bonds. The van der Waals surface area contributed by atoms with Crippen molar-refractivity contribution >= 4 is 11.9 Å². The summed E-state index contributed by atoms with van der Waals surface area (Å²) < 4.78 is 10.4. The molecule has 1 saturated carbocycles. The number of rotatable bonds is 10. The van der Waals surface area contributed by atoms with Crippen LogP contribution in [0.3, 0.4) is 0 Å². The Labute approximate surface area is 152 Å². The number of allylic oxidation sites excluding steroid dienone is 3. The molecule has 0 radical (unpaired) electrons. The minimum absolute atomic E-state index is 0.0914. The van der Waals surface area contributed by atoms with Gasteiger partial charge in [0.2, 0.25) is 0 Å². The SMILES string of the molecule is CC(C)=CCC/C(C)=C\COC(=O)CCC(=O)OCC1CCCCC1. The van der Waals surface area contributed by atoms with Crippen molar-refractivity contribution in [1.29, 1.82) is 0 Å². The van der Waals surface area contributed by atoms with E-state index in [1.54, 1.807) is 0 Å². The van der Waals surface area contributed by atoms with Gasteiger partial charge in [0.15, 0.2) is 0 Å². The van der Waals surface area contributed by atoms with E-state index in [-0.39, 0.29) is 31.4 Å². The highest BCUT2D eigenvalue weighted by molar-refractivity contribution is 5.77. The first kappa shape index (κ1) is 21.5. The van der Waals surface area contributed by atoms with E-state index in [2.05, 4.69) is 19.9 Å². The second kappa shape index (κ2) is 12.7. The predicted octanol–water partition coefficient (Wildman–Crippen LogP) is 5.13. The first-order valence-corrected chi connectivity index (χ1v) is 9.57. The smallest absolute Gasteiger partial charge is 0.306 e. The number of carbonyl (C=O) groups is 2. The minimum atomic E-state index is -0.344. The van der Waals surface area contributed by atoms with Crippen molar-refractivity contribution in [1.82, 2.24) is 0 Å². The van der Waals surface area contributed by atoms with Crippen molar-refractivity contribution in [2.75, 3.05) is 13.2 Å². The first-order valence-electron chi connectivity index (χ1n) is 9.57. The van der Waals surface area contributed by atoms with Gasteiger partial charge in [-0.25, -0.2) is 0 Å². The molecule has 1 aliphatic rings. The van der Waals surface area contributed by atoms with Crippen molar-refractivity contribution in [2.45, 2.75) is 78.6 Å². The summed E-state index contributed by atoms with van der Waals surface area (Å²) in [6.07, 6.45) is 12.3. The highest BCUT2D eigenvalue weighted by Crippen LogP contribution is 2.23. The third kappa shape index (κ3) is 11.6. The molecule has 1 aliphatic carbocycles. The molecule has 0 spiro atoms. The molecular weight excluding hydrogens is 316 g/mol. The van der Waals surface area contributed by atoms with Crippen LogP contribution in [-0.2, 0) is 19.1 Å². The van der Waals surface area contributed by atoms with E-state index in [1.807, 2.05) is 13.0 Å². The summed E-state index contributed by atoms with van der Waals surface area (Å²) in [6, 6.07) is 0. The van der Waals surface area contributed by atoms with Crippen molar-refractivity contribution < 1.29 is 19.1 Å². The predicted molar refractivity (Wildman–Crippen MR) is 100 cm³/mol. The zero-order valence-corrected chi connectivity index (χ0v) is 16.1. The molecule has 0 heterocycles. The van der Waals surface area contributed by atoms with Crippen LogP contribution in [0.15, 0.2) is 23.3 Å². The van der Waals surface area contributed by atoms with Crippen molar-refractivity contribution in [3.05, 3.63) is 23.3 Å². The molecule has 142 valence electrons. The molecule has 0 aromatic heterocycles. The lowest BCUT2D eigenvalue weighted by molar-refractivity contribution is -0.150. The van der Waals surface area contributed by atoms with Gasteiger partial charge in [-0.2, -0.15) is 0 Å². The Balaban J connectivity index is 2.09. The van der Waals surface area contributed by atoms with Gasteiger partial charge in [0.1, 0.15) is 6.61 Å². The monoisotopic (exact) mass is 350 g/mol. The van der Waals surface area contributed by atoms with E-state index in [9.17, 15) is 9.59 Å². The van der Waals surface area contributed by atoms with Crippen LogP contribution < -0.4 is 0 Å². The average molecular weight is 350 g/mol. The molecule has 4 nitrogen and oxygen atoms in total. The van der Waals surface area contributed by atoms with Gasteiger partial charge in [-0.3, -0.25) is 9.59 Å². The standard InChI is InChI=1S/C21H34O4/c1-17(2)8-7-9-18(3)14-15-24-20(22)12-13-21(23)25-16-19-10-5-4-6-11-19/h8,14,19H,4-7,9-13,15-16H2,1-3H3/b18-14-. The van der Waals surface area contributed by atoms with Crippen LogP contribution in [0.25, 0.3) is 0 Å². The second-order valence-corrected chi connectivity index (χ2v) is 7.24. The van der Waals surface area contributed by atoms with Gasteiger partial charge in [-0.15, -0.1) is 0 Å². The van der Waals surface area contributed by atoms with Crippen molar-refractivity contribution in [3.8, 4) is 0 Å². The third-order valence-electron chi connectivity index (χ3n) is 4.51. The average Bonchev–Trinajstić information content (AvgIpc) is 2.58. The summed E-state index contributed by atoms with van der Waals surface area (Å²) >= 11 is 0. The topological polar surface area (TPSA) is 52.6 Å². The molecule has 0 aromatic carbocycles. The number of esters is 2. The number of hydrogen-bond acceptors (Lipinski definition) is 4. The molecule has 0 N–H and O–H groups in total. The van der Waals surface area contributed by atoms with Gasteiger partial charge in [-0.05, 0) is 58.4 Å². The Bertz CT molecular complexity index is 466. The van der Waals surface area contributed by atoms with E-state index < -0.39 is 0 Å². The molecule has 1 fully saturated rings. The maximum absolute atomic E-state index is 11.7. The lowest BCUT2D eigenvalue weighted by atomic mass is 9.90. The van der Waals surface area contributed by atoms with Crippen molar-refractivity contribution in [2.24, 2.45) is 5.92 Å². The second-order valence-electron chi connectivity index (χ2n) is 7.24. The Kier molecular flexibility index (Phi) is 10.9. The Morgan fingerprint density at radius 1 is 0.880 bits per heavy atom. The fourth-order valence-electron chi connectivity index (χ4n) is 2.88. The van der Waals surface area contributed by atoms with Crippen LogP contribution in [-0.4, -0.2) is 25.2 Å². The van der Waals surface area contributed by atoms with Gasteiger partial charge in [0.05, 0.1) is 19.4 Å². The van der Waals surface area contributed by atoms with E-state index in [4.69, 9.17) is 9.47 Å². The van der Waals surface area contributed by atoms with Crippen LogP contribution >= 0.6 is 0 Å². The molecule has 0 aliphatic heterocycles. The quantitative estimate of drug-likeness (QED) is 0.405. The maximum Gasteiger partial charge on any atom is 0.306 e. The van der Waals surface area contributed by atoms with E-state index in [1.165, 1.54) is 30.4 Å². The van der Waals surface area contributed by atoms with Gasteiger partial charge in [0, 0.05) is 0 Å². The third-order valence-corrected chi connectivity index (χ3v) is 4.51. The van der Waals surface area contributed by atoms with Crippen LogP contribution in [0.2, 0.25) is 0 Å². The Morgan fingerprint density at radius 2 is 1.52 bits per heavy atom. The largest absolute Gasteiger partial charge is 0.465 e. The molecular formula is C21H34O4. The molecule has 0 atom stereocenters. The molecule has 25 heavy (non-hydrogen) atoms. The Hall–Kier alpha value is -1.58. The van der Waals surface area contributed by atoms with Gasteiger partial charge in [0.25, 0.3) is 0 Å². The summed E-state index contributed by atoms with van der Waals surface area (Å²) in [4.78, 5) is 23.4. The van der Waals surface area contributed by atoms with E-state index in [0.717, 1.165) is 25.7 Å². The van der Waals surface area contributed by atoms with Gasteiger partial charge < -0.3 is 9.47 Å². The fourth-order valence-corrected chi connectivity index (χ4v) is 2.88. The number of ether oxygens (including phenoxy) is 2. The fraction of sp³-hybridized carbons (Fsp3) is 0.714. The molecule has 0 aromatic rings. The highest BCUT2D eigenvalue weighted by atomic mass is 16.5. The number of carbonyl (C=O) groups excluding carboxylic acids is 2. The molecule has 0 unspecified atom stereocenters. The highest BCUT2D eigenvalue weighted by Gasteiger charge is 2.16. The van der Waals surface area contributed by atoms with Gasteiger partial charge in [-0.1, -0.05) is 36.5 Å². The zero-order valence-electron chi connectivity index (χ0n) is 16.1. The maximum atomic E-state index is 11.7. The summed E-state index contributed by atoms with van der Waals surface area (Å²) in [5.74, 6) is -0.136. The molecule has 0 saturated heterocycles. The summed E-state index contributed by atoms with van der Waals surface area (Å²) in [5.41, 5.74) is 2.52. The lowest BCUT2D eigenvalue weighted by Gasteiger charge is -2.20. The minimum Gasteiger partial charge on any atom is -0.465 e. The van der Waals surface area contributed by atoms with Crippen LogP contribution in [0, 0.1) is 5.92 Å². The molecule has 4 heteroatoms. The van der Waals surface area contributed by atoms with Crippen LogP contribution in [0.5, 0.6) is 0 Å². The van der Waals surface area contributed by atoms with Gasteiger partial charge >= 0.3 is 11.9 Å². The summed E-state index contributed by atoms with van der Waals surface area (Å²) in [7, 11) is 0. The van der Waals surface area contributed by atoms with E-state index in [0.29, 0.717) is 12.5 Å². The van der Waals surface area contributed by atoms with Crippen molar-refractivity contribution in [3.63, 3.8) is 0 Å². The normalized spacial score (nSPS) is 15.6.